The molecule has 1 aliphatic heterocycles. The molecule has 0 unspecified atom stereocenters. The highest BCUT2D eigenvalue weighted by Gasteiger charge is 2.23. The average Bonchev–Trinajstić information content (AvgIpc) is 2.56. The van der Waals surface area contributed by atoms with E-state index in [2.05, 4.69) is 46.5 Å². The molecule has 0 radical (unpaired) electrons. The van der Waals surface area contributed by atoms with Gasteiger partial charge in [-0.15, -0.1) is 0 Å². The molecule has 1 aromatic heterocycles. The third-order valence-electron chi connectivity index (χ3n) is 3.70. The largest absolute Gasteiger partial charge is 0.467 e. The SMILES string of the molecule is COc1ncc(-c2ccc([C@@H]3OCCN[C@H]3C)cc2)cn1. The van der Waals surface area contributed by atoms with E-state index in [-0.39, 0.29) is 6.10 Å². The normalized spacial score (nSPS) is 22.0. The van der Waals surface area contributed by atoms with Crippen molar-refractivity contribution in [2.45, 2.75) is 19.1 Å². The number of morpholine rings is 1. The van der Waals surface area contributed by atoms with Crippen molar-refractivity contribution in [1.29, 1.82) is 0 Å². The minimum Gasteiger partial charge on any atom is -0.467 e. The van der Waals surface area contributed by atoms with Gasteiger partial charge in [0.15, 0.2) is 0 Å². The number of nitrogens with zero attached hydrogens (tertiary/aromatic N) is 2. The molecule has 2 atom stereocenters. The van der Waals surface area contributed by atoms with Crippen LogP contribution in [0.2, 0.25) is 0 Å². The molecular formula is C16H19N3O2. The van der Waals surface area contributed by atoms with Crippen molar-refractivity contribution in [2.24, 2.45) is 0 Å². The molecule has 1 aliphatic rings. The first-order valence-corrected chi connectivity index (χ1v) is 7.09. The minimum absolute atomic E-state index is 0.111. The fourth-order valence-electron chi connectivity index (χ4n) is 2.54. The van der Waals surface area contributed by atoms with Crippen LogP contribution in [0.5, 0.6) is 6.01 Å². The summed E-state index contributed by atoms with van der Waals surface area (Å²) in [6.45, 7) is 3.82. The third-order valence-corrected chi connectivity index (χ3v) is 3.70. The van der Waals surface area contributed by atoms with Crippen LogP contribution >= 0.6 is 0 Å². The van der Waals surface area contributed by atoms with Crippen molar-refractivity contribution in [3.8, 4) is 17.1 Å². The zero-order valence-electron chi connectivity index (χ0n) is 12.2. The van der Waals surface area contributed by atoms with E-state index in [1.54, 1.807) is 19.5 Å². The topological polar surface area (TPSA) is 56.3 Å². The van der Waals surface area contributed by atoms with Gasteiger partial charge in [0, 0.05) is 30.5 Å². The summed E-state index contributed by atoms with van der Waals surface area (Å²) in [7, 11) is 1.56. The van der Waals surface area contributed by atoms with Gasteiger partial charge < -0.3 is 14.8 Å². The molecule has 5 heteroatoms. The van der Waals surface area contributed by atoms with E-state index in [4.69, 9.17) is 9.47 Å². The number of aromatic nitrogens is 2. The molecule has 1 aromatic carbocycles. The van der Waals surface area contributed by atoms with Crippen molar-refractivity contribution in [1.82, 2.24) is 15.3 Å². The zero-order valence-corrected chi connectivity index (χ0v) is 12.2. The smallest absolute Gasteiger partial charge is 0.316 e. The third kappa shape index (κ3) is 3.04. The molecule has 1 fully saturated rings. The summed E-state index contributed by atoms with van der Waals surface area (Å²) in [5.41, 5.74) is 3.24. The lowest BCUT2D eigenvalue weighted by atomic mass is 9.99. The Kier molecular flexibility index (Phi) is 4.13. The Balaban J connectivity index is 1.79. The van der Waals surface area contributed by atoms with E-state index in [0.717, 1.165) is 24.3 Å². The fourth-order valence-corrected chi connectivity index (χ4v) is 2.54. The molecule has 0 aliphatic carbocycles. The van der Waals surface area contributed by atoms with Gasteiger partial charge in [0.2, 0.25) is 0 Å². The number of methoxy groups -OCH3 is 1. The quantitative estimate of drug-likeness (QED) is 0.937. The first kappa shape index (κ1) is 14.0. The zero-order chi connectivity index (χ0) is 14.7. The number of benzene rings is 1. The second-order valence-electron chi connectivity index (χ2n) is 5.11. The maximum Gasteiger partial charge on any atom is 0.316 e. The molecule has 3 rings (SSSR count). The second-order valence-corrected chi connectivity index (χ2v) is 5.11. The predicted octanol–water partition coefficient (Wildman–Crippen LogP) is 2.20. The van der Waals surface area contributed by atoms with Crippen molar-refractivity contribution in [2.75, 3.05) is 20.3 Å². The van der Waals surface area contributed by atoms with E-state index in [9.17, 15) is 0 Å². The first-order valence-electron chi connectivity index (χ1n) is 7.09. The fraction of sp³-hybridized carbons (Fsp3) is 0.375. The summed E-state index contributed by atoms with van der Waals surface area (Å²) >= 11 is 0. The maximum absolute atomic E-state index is 5.85. The summed E-state index contributed by atoms with van der Waals surface area (Å²) in [5, 5.41) is 3.43. The molecule has 110 valence electrons. The highest BCUT2D eigenvalue weighted by Crippen LogP contribution is 2.26. The standard InChI is InChI=1S/C16H19N3O2/c1-11-15(21-8-7-17-11)13-5-3-12(4-6-13)14-9-18-16(20-2)19-10-14/h3-6,9-11,15,17H,7-8H2,1-2H3/t11-,15+/m0/s1. The minimum atomic E-state index is 0.111. The van der Waals surface area contributed by atoms with Gasteiger partial charge >= 0.3 is 6.01 Å². The van der Waals surface area contributed by atoms with Gasteiger partial charge in [-0.3, -0.25) is 0 Å². The molecule has 2 heterocycles. The van der Waals surface area contributed by atoms with Gasteiger partial charge in [0.1, 0.15) is 0 Å². The Morgan fingerprint density at radius 2 is 1.86 bits per heavy atom. The molecular weight excluding hydrogens is 266 g/mol. The summed E-state index contributed by atoms with van der Waals surface area (Å²) in [4.78, 5) is 8.26. The van der Waals surface area contributed by atoms with Crippen LogP contribution in [0.25, 0.3) is 11.1 Å². The molecule has 0 bridgehead atoms. The second kappa shape index (κ2) is 6.20. The summed E-state index contributed by atoms with van der Waals surface area (Å²) in [5.74, 6) is 0. The number of nitrogens with one attached hydrogen (secondary N) is 1. The molecule has 2 aromatic rings. The Hall–Kier alpha value is -1.98. The van der Waals surface area contributed by atoms with Crippen LogP contribution in [0.4, 0.5) is 0 Å². The van der Waals surface area contributed by atoms with Crippen LogP contribution < -0.4 is 10.1 Å². The van der Waals surface area contributed by atoms with Crippen molar-refractivity contribution < 1.29 is 9.47 Å². The summed E-state index contributed by atoms with van der Waals surface area (Å²) in [6, 6.07) is 9.07. The Labute approximate surface area is 124 Å². The van der Waals surface area contributed by atoms with E-state index in [1.807, 2.05) is 0 Å². The van der Waals surface area contributed by atoms with Crippen molar-refractivity contribution in [3.05, 3.63) is 42.2 Å². The van der Waals surface area contributed by atoms with Gasteiger partial charge in [-0.1, -0.05) is 24.3 Å². The lowest BCUT2D eigenvalue weighted by Crippen LogP contribution is -2.41. The van der Waals surface area contributed by atoms with Crippen LogP contribution in [-0.2, 0) is 4.74 Å². The highest BCUT2D eigenvalue weighted by atomic mass is 16.5. The lowest BCUT2D eigenvalue weighted by Gasteiger charge is -2.30. The van der Waals surface area contributed by atoms with E-state index in [1.165, 1.54) is 5.56 Å². The molecule has 0 spiro atoms. The highest BCUT2D eigenvalue weighted by molar-refractivity contribution is 5.61. The van der Waals surface area contributed by atoms with Gasteiger partial charge in [-0.25, -0.2) is 9.97 Å². The Morgan fingerprint density at radius 3 is 2.48 bits per heavy atom. The maximum atomic E-state index is 5.85. The summed E-state index contributed by atoms with van der Waals surface area (Å²) in [6.07, 6.45) is 3.64. The van der Waals surface area contributed by atoms with Gasteiger partial charge in [0.25, 0.3) is 0 Å². The van der Waals surface area contributed by atoms with E-state index >= 15 is 0 Å². The monoisotopic (exact) mass is 285 g/mol. The molecule has 5 nitrogen and oxygen atoms in total. The van der Waals surface area contributed by atoms with Crippen LogP contribution in [0, 0.1) is 0 Å². The van der Waals surface area contributed by atoms with Crippen molar-refractivity contribution >= 4 is 0 Å². The van der Waals surface area contributed by atoms with Crippen molar-refractivity contribution in [3.63, 3.8) is 0 Å². The number of hydrogen-bond donors (Lipinski definition) is 1. The van der Waals surface area contributed by atoms with Crippen LogP contribution in [-0.4, -0.2) is 36.3 Å². The van der Waals surface area contributed by atoms with Crippen LogP contribution in [0.15, 0.2) is 36.7 Å². The van der Waals surface area contributed by atoms with Gasteiger partial charge in [0.05, 0.1) is 19.8 Å². The van der Waals surface area contributed by atoms with Gasteiger partial charge in [-0.2, -0.15) is 0 Å². The Morgan fingerprint density at radius 1 is 1.14 bits per heavy atom. The number of hydrogen-bond acceptors (Lipinski definition) is 5. The van der Waals surface area contributed by atoms with Crippen LogP contribution in [0.1, 0.15) is 18.6 Å². The predicted molar refractivity (Wildman–Crippen MR) is 80.2 cm³/mol. The lowest BCUT2D eigenvalue weighted by molar-refractivity contribution is -0.000215. The molecule has 21 heavy (non-hydrogen) atoms. The van der Waals surface area contributed by atoms with E-state index < -0.39 is 0 Å². The first-order chi connectivity index (χ1) is 10.3. The Bertz CT molecular complexity index is 583. The van der Waals surface area contributed by atoms with Gasteiger partial charge in [-0.05, 0) is 18.1 Å². The molecule has 0 saturated carbocycles. The van der Waals surface area contributed by atoms with Crippen LogP contribution in [0.3, 0.4) is 0 Å². The number of ether oxygens (including phenoxy) is 2. The number of rotatable bonds is 3. The average molecular weight is 285 g/mol. The molecule has 1 N–H and O–H groups in total. The summed E-state index contributed by atoms with van der Waals surface area (Å²) < 4.78 is 10.8. The molecule has 1 saturated heterocycles. The molecule has 0 amide bonds. The van der Waals surface area contributed by atoms with E-state index in [0.29, 0.717) is 12.1 Å².